The van der Waals surface area contributed by atoms with Crippen molar-refractivity contribution in [1.29, 1.82) is 0 Å². The number of fused-ring (bicyclic) bond motifs is 1. The van der Waals surface area contributed by atoms with Gasteiger partial charge in [-0.15, -0.1) is 0 Å². The molecule has 0 nitrogen and oxygen atoms in total. The highest BCUT2D eigenvalue weighted by atomic mass is 14.5. The molecule has 2 aliphatic rings. The van der Waals surface area contributed by atoms with Crippen LogP contribution in [0.25, 0.3) is 0 Å². The van der Waals surface area contributed by atoms with E-state index in [-0.39, 0.29) is 0 Å². The van der Waals surface area contributed by atoms with Crippen molar-refractivity contribution in [1.82, 2.24) is 0 Å². The zero-order valence-corrected chi connectivity index (χ0v) is 8.55. The molecule has 0 aromatic carbocycles. The molecule has 2 saturated carbocycles. The molecule has 0 spiro atoms. The van der Waals surface area contributed by atoms with E-state index in [1.165, 1.54) is 38.5 Å². The lowest BCUT2D eigenvalue weighted by atomic mass is 9.55. The molecule has 0 aliphatic heterocycles. The Balaban J connectivity index is 1.93. The zero-order chi connectivity index (χ0) is 8.55. The first-order valence-electron chi connectivity index (χ1n) is 5.80. The van der Waals surface area contributed by atoms with Gasteiger partial charge < -0.3 is 0 Å². The van der Waals surface area contributed by atoms with Gasteiger partial charge in [0.05, 0.1) is 0 Å². The maximum Gasteiger partial charge on any atom is -0.0355 e. The third-order valence-corrected chi connectivity index (χ3v) is 4.55. The van der Waals surface area contributed by atoms with Crippen molar-refractivity contribution < 1.29 is 0 Å². The second-order valence-corrected chi connectivity index (χ2v) is 5.04. The summed E-state index contributed by atoms with van der Waals surface area (Å²) in [6, 6.07) is 0. The summed E-state index contributed by atoms with van der Waals surface area (Å²) in [6.45, 7) is 4.93. The second-order valence-electron chi connectivity index (χ2n) is 5.04. The second kappa shape index (κ2) is 3.40. The average molecular weight is 166 g/mol. The van der Waals surface area contributed by atoms with Crippen LogP contribution in [0.1, 0.15) is 52.4 Å². The van der Waals surface area contributed by atoms with Gasteiger partial charge in [0.1, 0.15) is 0 Å². The highest BCUT2D eigenvalue weighted by Gasteiger charge is 2.43. The van der Waals surface area contributed by atoms with Crippen molar-refractivity contribution in [2.24, 2.45) is 23.7 Å². The van der Waals surface area contributed by atoms with Crippen LogP contribution in [0.5, 0.6) is 0 Å². The van der Waals surface area contributed by atoms with Gasteiger partial charge in [0, 0.05) is 0 Å². The number of rotatable bonds is 0. The van der Waals surface area contributed by atoms with E-state index < -0.39 is 0 Å². The minimum Gasteiger partial charge on any atom is -0.0620 e. The highest BCUT2D eigenvalue weighted by Crippen LogP contribution is 2.51. The van der Waals surface area contributed by atoms with Crippen molar-refractivity contribution >= 4 is 0 Å². The summed E-state index contributed by atoms with van der Waals surface area (Å²) < 4.78 is 0. The van der Waals surface area contributed by atoms with Gasteiger partial charge in [-0.05, 0) is 36.5 Å². The molecule has 4 unspecified atom stereocenters. The Labute approximate surface area is 76.7 Å². The standard InChI is InChI=1S/C12H22/c1-9-10(2)12-8-6-4-3-5-7-11(9)12/h9-12H,3-8H2,1-2H3. The lowest BCUT2D eigenvalue weighted by molar-refractivity contribution is -0.0171. The Morgan fingerprint density at radius 2 is 1.08 bits per heavy atom. The van der Waals surface area contributed by atoms with Crippen LogP contribution >= 0.6 is 0 Å². The molecule has 2 fully saturated rings. The van der Waals surface area contributed by atoms with E-state index in [2.05, 4.69) is 13.8 Å². The molecule has 4 atom stereocenters. The maximum absolute atomic E-state index is 2.47. The lowest BCUT2D eigenvalue weighted by Crippen LogP contribution is -2.44. The van der Waals surface area contributed by atoms with Gasteiger partial charge in [0.25, 0.3) is 0 Å². The van der Waals surface area contributed by atoms with Gasteiger partial charge in [-0.3, -0.25) is 0 Å². The van der Waals surface area contributed by atoms with Crippen molar-refractivity contribution in [3.63, 3.8) is 0 Å². The van der Waals surface area contributed by atoms with Gasteiger partial charge in [0.15, 0.2) is 0 Å². The van der Waals surface area contributed by atoms with E-state index in [9.17, 15) is 0 Å². The minimum absolute atomic E-state index is 1.04. The van der Waals surface area contributed by atoms with E-state index >= 15 is 0 Å². The van der Waals surface area contributed by atoms with Crippen LogP contribution in [0.4, 0.5) is 0 Å². The molecule has 0 amide bonds. The Bertz CT molecular complexity index is 132. The maximum atomic E-state index is 2.47. The van der Waals surface area contributed by atoms with Crippen molar-refractivity contribution in [2.75, 3.05) is 0 Å². The molecule has 0 heteroatoms. The van der Waals surface area contributed by atoms with Crippen LogP contribution < -0.4 is 0 Å². The first-order chi connectivity index (χ1) is 5.80. The molecule has 0 heterocycles. The van der Waals surface area contributed by atoms with E-state index in [0.29, 0.717) is 0 Å². The van der Waals surface area contributed by atoms with E-state index in [1.54, 1.807) is 0 Å². The Kier molecular flexibility index (Phi) is 2.43. The fourth-order valence-corrected chi connectivity index (χ4v) is 3.48. The van der Waals surface area contributed by atoms with Crippen LogP contribution in [-0.2, 0) is 0 Å². The molecular weight excluding hydrogens is 144 g/mol. The molecular formula is C12H22. The molecule has 0 aromatic heterocycles. The number of hydrogen-bond acceptors (Lipinski definition) is 0. The minimum atomic E-state index is 1.04. The highest BCUT2D eigenvalue weighted by molar-refractivity contribution is 4.92. The molecule has 0 bridgehead atoms. The summed E-state index contributed by atoms with van der Waals surface area (Å²) in [6.07, 6.45) is 9.11. The summed E-state index contributed by atoms with van der Waals surface area (Å²) >= 11 is 0. The monoisotopic (exact) mass is 166 g/mol. The number of hydrogen-bond donors (Lipinski definition) is 0. The Morgan fingerprint density at radius 1 is 0.667 bits per heavy atom. The third-order valence-electron chi connectivity index (χ3n) is 4.55. The van der Waals surface area contributed by atoms with Crippen LogP contribution in [0.2, 0.25) is 0 Å². The quantitative estimate of drug-likeness (QED) is 0.512. The summed E-state index contributed by atoms with van der Waals surface area (Å²) in [5.41, 5.74) is 0. The van der Waals surface area contributed by atoms with Crippen molar-refractivity contribution in [3.05, 3.63) is 0 Å². The predicted octanol–water partition coefficient (Wildman–Crippen LogP) is 3.86. The van der Waals surface area contributed by atoms with Gasteiger partial charge in [0.2, 0.25) is 0 Å². The fraction of sp³-hybridized carbons (Fsp3) is 1.00. The molecule has 70 valence electrons. The summed E-state index contributed by atoms with van der Waals surface area (Å²) in [4.78, 5) is 0. The van der Waals surface area contributed by atoms with Gasteiger partial charge in [-0.2, -0.15) is 0 Å². The van der Waals surface area contributed by atoms with Crippen LogP contribution in [0.15, 0.2) is 0 Å². The fourth-order valence-electron chi connectivity index (χ4n) is 3.48. The van der Waals surface area contributed by atoms with Crippen molar-refractivity contribution in [3.8, 4) is 0 Å². The van der Waals surface area contributed by atoms with E-state index in [4.69, 9.17) is 0 Å². The lowest BCUT2D eigenvalue weighted by Gasteiger charge is -2.51. The molecule has 2 aliphatic carbocycles. The molecule has 2 rings (SSSR count). The predicted molar refractivity (Wildman–Crippen MR) is 53.0 cm³/mol. The zero-order valence-electron chi connectivity index (χ0n) is 8.55. The first-order valence-corrected chi connectivity index (χ1v) is 5.80. The normalized spacial score (nSPS) is 48.5. The van der Waals surface area contributed by atoms with Gasteiger partial charge in [-0.1, -0.05) is 39.5 Å². The van der Waals surface area contributed by atoms with Crippen LogP contribution in [0, 0.1) is 23.7 Å². The smallest absolute Gasteiger partial charge is 0.0355 e. The van der Waals surface area contributed by atoms with Crippen LogP contribution in [0.3, 0.4) is 0 Å². The molecule has 12 heavy (non-hydrogen) atoms. The van der Waals surface area contributed by atoms with E-state index in [1.807, 2.05) is 0 Å². The topological polar surface area (TPSA) is 0 Å². The summed E-state index contributed by atoms with van der Waals surface area (Å²) in [7, 11) is 0. The van der Waals surface area contributed by atoms with Gasteiger partial charge >= 0.3 is 0 Å². The molecule has 0 N–H and O–H groups in total. The van der Waals surface area contributed by atoms with E-state index in [0.717, 1.165) is 23.7 Å². The largest absolute Gasteiger partial charge is 0.0620 e. The summed E-state index contributed by atoms with van der Waals surface area (Å²) in [5, 5.41) is 0. The molecule has 0 radical (unpaired) electrons. The average Bonchev–Trinajstić information content (AvgIpc) is 2.04. The van der Waals surface area contributed by atoms with Gasteiger partial charge in [-0.25, -0.2) is 0 Å². The SMILES string of the molecule is CC1C(C)C2CCCCCCC12. The molecule has 0 saturated heterocycles. The Morgan fingerprint density at radius 3 is 1.50 bits per heavy atom. The first kappa shape index (κ1) is 8.59. The summed E-state index contributed by atoms with van der Waals surface area (Å²) in [5.74, 6) is 4.29. The van der Waals surface area contributed by atoms with Crippen molar-refractivity contribution in [2.45, 2.75) is 52.4 Å². The van der Waals surface area contributed by atoms with Crippen LogP contribution in [-0.4, -0.2) is 0 Å². The Hall–Kier alpha value is 0. The molecule has 0 aromatic rings. The third kappa shape index (κ3) is 1.30.